The lowest BCUT2D eigenvalue weighted by molar-refractivity contribution is 0.0544. The molecule has 0 saturated carbocycles. The summed E-state index contributed by atoms with van der Waals surface area (Å²) in [5.74, 6) is 0.699. The van der Waals surface area contributed by atoms with E-state index < -0.39 is 5.60 Å². The van der Waals surface area contributed by atoms with Crippen LogP contribution in [-0.4, -0.2) is 39.0 Å². The van der Waals surface area contributed by atoms with Crippen LogP contribution >= 0.6 is 0 Å². The number of benzene rings is 1. The highest BCUT2D eigenvalue weighted by atomic mass is 16.5. The second kappa shape index (κ2) is 6.59. The fourth-order valence-corrected chi connectivity index (χ4v) is 1.71. The van der Waals surface area contributed by atoms with Crippen LogP contribution in [-0.2, 0) is 10.3 Å². The lowest BCUT2D eigenvalue weighted by Crippen LogP contribution is -2.34. The number of rotatable bonds is 7. The summed E-state index contributed by atoms with van der Waals surface area (Å²) in [6.45, 7) is 3.24. The first-order chi connectivity index (χ1) is 8.11. The molecule has 0 fully saturated rings. The number of hydrogen-bond acceptors (Lipinski definition) is 4. The Hall–Kier alpha value is -1.10. The van der Waals surface area contributed by atoms with Crippen LogP contribution in [0.15, 0.2) is 24.3 Å². The van der Waals surface area contributed by atoms with E-state index in [1.807, 2.05) is 31.3 Å². The third-order valence-corrected chi connectivity index (χ3v) is 2.53. The smallest absolute Gasteiger partial charge is 0.125 e. The van der Waals surface area contributed by atoms with Crippen LogP contribution in [0.1, 0.15) is 12.5 Å². The molecule has 1 rings (SSSR count). The van der Waals surface area contributed by atoms with Crippen molar-refractivity contribution in [3.63, 3.8) is 0 Å². The Morgan fingerprint density at radius 2 is 2.00 bits per heavy atom. The third-order valence-electron chi connectivity index (χ3n) is 2.53. The molecule has 0 amide bonds. The van der Waals surface area contributed by atoms with Gasteiger partial charge in [-0.2, -0.15) is 0 Å². The Kier molecular flexibility index (Phi) is 5.41. The van der Waals surface area contributed by atoms with Crippen molar-refractivity contribution in [1.29, 1.82) is 0 Å². The van der Waals surface area contributed by atoms with Gasteiger partial charge in [0.2, 0.25) is 0 Å². The quantitative estimate of drug-likeness (QED) is 0.701. The van der Waals surface area contributed by atoms with Crippen molar-refractivity contribution >= 4 is 0 Å². The molecule has 0 aliphatic carbocycles. The molecule has 4 heteroatoms. The van der Waals surface area contributed by atoms with E-state index in [-0.39, 0.29) is 0 Å². The van der Waals surface area contributed by atoms with Gasteiger partial charge in [0.1, 0.15) is 18.0 Å². The van der Waals surface area contributed by atoms with Crippen molar-refractivity contribution in [3.8, 4) is 5.75 Å². The number of hydrogen-bond donors (Lipinski definition) is 2. The zero-order valence-electron chi connectivity index (χ0n) is 10.7. The lowest BCUT2D eigenvalue weighted by atomic mass is 9.95. The van der Waals surface area contributed by atoms with E-state index in [0.29, 0.717) is 25.5 Å². The van der Waals surface area contributed by atoms with E-state index >= 15 is 0 Å². The molecule has 96 valence electrons. The number of ether oxygens (including phenoxy) is 2. The summed E-state index contributed by atoms with van der Waals surface area (Å²) in [5, 5.41) is 13.3. The topological polar surface area (TPSA) is 50.7 Å². The highest BCUT2D eigenvalue weighted by Crippen LogP contribution is 2.29. The number of para-hydroxylation sites is 1. The van der Waals surface area contributed by atoms with E-state index in [4.69, 9.17) is 9.47 Å². The molecule has 2 N–H and O–H groups in total. The zero-order chi connectivity index (χ0) is 12.7. The molecule has 0 heterocycles. The van der Waals surface area contributed by atoms with Crippen LogP contribution < -0.4 is 10.1 Å². The predicted molar refractivity (Wildman–Crippen MR) is 67.3 cm³/mol. The van der Waals surface area contributed by atoms with E-state index in [0.717, 1.165) is 5.56 Å². The van der Waals surface area contributed by atoms with Crippen LogP contribution in [0.2, 0.25) is 0 Å². The van der Waals surface area contributed by atoms with Crippen LogP contribution in [0.3, 0.4) is 0 Å². The highest BCUT2D eigenvalue weighted by molar-refractivity contribution is 5.37. The third kappa shape index (κ3) is 4.00. The van der Waals surface area contributed by atoms with Crippen molar-refractivity contribution < 1.29 is 14.6 Å². The second-order valence-electron chi connectivity index (χ2n) is 4.14. The van der Waals surface area contributed by atoms with Gasteiger partial charge in [0.15, 0.2) is 0 Å². The molecule has 0 spiro atoms. The maximum absolute atomic E-state index is 10.3. The van der Waals surface area contributed by atoms with Gasteiger partial charge in [-0.15, -0.1) is 0 Å². The fourth-order valence-electron chi connectivity index (χ4n) is 1.71. The summed E-state index contributed by atoms with van der Waals surface area (Å²) < 4.78 is 10.5. The second-order valence-corrected chi connectivity index (χ2v) is 4.14. The first kappa shape index (κ1) is 14.0. The molecule has 1 aromatic rings. The molecule has 0 bridgehead atoms. The van der Waals surface area contributed by atoms with Crippen molar-refractivity contribution in [2.24, 2.45) is 0 Å². The van der Waals surface area contributed by atoms with E-state index in [1.165, 1.54) is 0 Å². The van der Waals surface area contributed by atoms with Gasteiger partial charge < -0.3 is 19.9 Å². The first-order valence-corrected chi connectivity index (χ1v) is 5.70. The predicted octanol–water partition coefficient (Wildman–Crippen LogP) is 1.14. The van der Waals surface area contributed by atoms with Crippen LogP contribution in [0.4, 0.5) is 0 Å². The summed E-state index contributed by atoms with van der Waals surface area (Å²) in [6.07, 6.45) is 0. The molecule has 1 unspecified atom stereocenters. The molecule has 0 aliphatic rings. The molecule has 0 saturated heterocycles. The van der Waals surface area contributed by atoms with Crippen molar-refractivity contribution in [3.05, 3.63) is 29.8 Å². The Labute approximate surface area is 103 Å². The van der Waals surface area contributed by atoms with Gasteiger partial charge >= 0.3 is 0 Å². The van der Waals surface area contributed by atoms with Crippen LogP contribution in [0.25, 0.3) is 0 Å². The summed E-state index contributed by atoms with van der Waals surface area (Å²) in [7, 11) is 3.44. The molecule has 1 atom stereocenters. The highest BCUT2D eigenvalue weighted by Gasteiger charge is 2.25. The zero-order valence-corrected chi connectivity index (χ0v) is 10.7. The Bertz CT molecular complexity index is 339. The van der Waals surface area contributed by atoms with Gasteiger partial charge in [-0.1, -0.05) is 18.2 Å². The van der Waals surface area contributed by atoms with Crippen molar-refractivity contribution in [1.82, 2.24) is 5.32 Å². The molecular weight excluding hydrogens is 218 g/mol. The Morgan fingerprint density at radius 3 is 2.65 bits per heavy atom. The summed E-state index contributed by atoms with van der Waals surface area (Å²) >= 11 is 0. The minimum atomic E-state index is -0.946. The Balaban J connectivity index is 2.83. The average molecular weight is 239 g/mol. The van der Waals surface area contributed by atoms with E-state index in [9.17, 15) is 5.11 Å². The van der Waals surface area contributed by atoms with Gasteiger partial charge in [0.25, 0.3) is 0 Å². The van der Waals surface area contributed by atoms with E-state index in [2.05, 4.69) is 5.32 Å². The summed E-state index contributed by atoms with van der Waals surface area (Å²) in [6, 6.07) is 7.51. The number of nitrogens with one attached hydrogen (secondary N) is 1. The van der Waals surface area contributed by atoms with Gasteiger partial charge in [-0.05, 0) is 20.0 Å². The first-order valence-electron chi connectivity index (χ1n) is 5.70. The minimum Gasteiger partial charge on any atom is -0.491 e. The van der Waals surface area contributed by atoms with Gasteiger partial charge in [-0.25, -0.2) is 0 Å². The largest absolute Gasteiger partial charge is 0.491 e. The minimum absolute atomic E-state index is 0.470. The maximum Gasteiger partial charge on any atom is 0.125 e. The maximum atomic E-state index is 10.3. The number of aliphatic hydroxyl groups is 1. The van der Waals surface area contributed by atoms with Crippen LogP contribution in [0.5, 0.6) is 5.75 Å². The van der Waals surface area contributed by atoms with Gasteiger partial charge in [-0.3, -0.25) is 0 Å². The molecule has 0 aromatic heterocycles. The standard InChI is InChI=1S/C13H21NO3/c1-13(15,10-14-2)11-6-4-5-7-12(11)17-9-8-16-3/h4-7,14-15H,8-10H2,1-3H3. The molecule has 0 radical (unpaired) electrons. The molecule has 4 nitrogen and oxygen atoms in total. The molecule has 17 heavy (non-hydrogen) atoms. The molecular formula is C13H21NO3. The normalized spacial score (nSPS) is 14.4. The molecule has 1 aromatic carbocycles. The fraction of sp³-hybridized carbons (Fsp3) is 0.538. The number of methoxy groups -OCH3 is 1. The van der Waals surface area contributed by atoms with Crippen molar-refractivity contribution in [2.75, 3.05) is 33.9 Å². The SMILES string of the molecule is CNCC(C)(O)c1ccccc1OCCOC. The van der Waals surface area contributed by atoms with Crippen LogP contribution in [0, 0.1) is 0 Å². The van der Waals surface area contributed by atoms with Gasteiger partial charge in [0, 0.05) is 19.2 Å². The number of likely N-dealkylation sites (N-methyl/N-ethyl adjacent to an activating group) is 1. The summed E-state index contributed by atoms with van der Waals surface area (Å²) in [4.78, 5) is 0. The van der Waals surface area contributed by atoms with Gasteiger partial charge in [0.05, 0.1) is 6.61 Å². The van der Waals surface area contributed by atoms with Crippen molar-refractivity contribution in [2.45, 2.75) is 12.5 Å². The average Bonchev–Trinajstić information content (AvgIpc) is 2.30. The monoisotopic (exact) mass is 239 g/mol. The Morgan fingerprint density at radius 1 is 1.29 bits per heavy atom. The summed E-state index contributed by atoms with van der Waals surface area (Å²) in [5.41, 5.74) is -0.163. The lowest BCUT2D eigenvalue weighted by Gasteiger charge is -2.25. The van der Waals surface area contributed by atoms with E-state index in [1.54, 1.807) is 14.0 Å². The molecule has 0 aliphatic heterocycles.